The summed E-state index contributed by atoms with van der Waals surface area (Å²) in [5, 5.41) is 4.28. The largest absolute Gasteiger partial charge is 0.495 e. The van der Waals surface area contributed by atoms with Crippen LogP contribution >= 0.6 is 0 Å². The van der Waals surface area contributed by atoms with E-state index in [9.17, 15) is 17.8 Å². The van der Waals surface area contributed by atoms with Gasteiger partial charge in [0.05, 0.1) is 20.8 Å². The summed E-state index contributed by atoms with van der Waals surface area (Å²) in [4.78, 5) is 16.6. The quantitative estimate of drug-likeness (QED) is 0.427. The molecule has 9 nitrogen and oxygen atoms in total. The Morgan fingerprint density at radius 3 is 2.39 bits per heavy atom. The molecule has 2 aliphatic heterocycles. The lowest BCUT2D eigenvalue weighted by Gasteiger charge is -2.34. The number of carbonyl (C=O) groups is 1. The molecule has 12 heteroatoms. The molecule has 4 aliphatic rings. The topological polar surface area (TPSA) is 97.1 Å². The van der Waals surface area contributed by atoms with E-state index in [-0.39, 0.29) is 40.3 Å². The molecular weight excluding hydrogens is 554 g/mol. The highest BCUT2D eigenvalue weighted by Gasteiger charge is 2.50. The van der Waals surface area contributed by atoms with Crippen LogP contribution in [0.15, 0.2) is 39.8 Å². The fraction of sp³-hybridized carbons (Fsp3) is 0.448. The number of halogens is 2. The molecule has 1 aromatic heterocycles. The number of hydrogen-bond acceptors (Lipinski definition) is 7. The molecule has 2 aromatic carbocycles. The Kier molecular flexibility index (Phi) is 6.04. The summed E-state index contributed by atoms with van der Waals surface area (Å²) in [5.41, 5.74) is 4.49. The SMILES string of the molecule is COc1cc(C(=O)N2CCC(F)(F)C2)cc(OC)c1S(=O)Nc1noc2c1CC1(CC1)c1ccc(N3CCC3)cc1-2. The standard InChI is InChI=1S/C29H30F2N4O5S/c1-38-22-12-17(27(36)35-11-8-29(30,31)16-35)13-23(39-2)25(22)41(37)33-26-20-15-28(6-7-28)21-5-4-18(34-9-3-10-34)14-19(21)24(20)40-32-26/h4-5,12-14H,3,6-11,15-16H2,1-2H3,(H,32,33). The maximum absolute atomic E-state index is 13.7. The number of ether oxygens (including phenoxy) is 2. The summed E-state index contributed by atoms with van der Waals surface area (Å²) in [5.74, 6) is -2.16. The molecule has 1 unspecified atom stereocenters. The van der Waals surface area contributed by atoms with Gasteiger partial charge in [-0.1, -0.05) is 11.2 Å². The number of fused-ring (bicyclic) bond motifs is 4. The monoisotopic (exact) mass is 584 g/mol. The van der Waals surface area contributed by atoms with E-state index in [1.807, 2.05) is 0 Å². The van der Waals surface area contributed by atoms with Crippen LogP contribution in [0.4, 0.5) is 20.3 Å². The zero-order valence-corrected chi connectivity index (χ0v) is 23.6. The van der Waals surface area contributed by atoms with E-state index in [1.165, 1.54) is 38.3 Å². The third-order valence-corrected chi connectivity index (χ3v) is 9.89. The number of methoxy groups -OCH3 is 2. The van der Waals surface area contributed by atoms with Crippen LogP contribution in [0.1, 0.15) is 47.2 Å². The van der Waals surface area contributed by atoms with Crippen molar-refractivity contribution in [3.05, 3.63) is 47.0 Å². The van der Waals surface area contributed by atoms with Crippen molar-refractivity contribution in [1.82, 2.24) is 10.1 Å². The van der Waals surface area contributed by atoms with Gasteiger partial charge < -0.3 is 23.8 Å². The molecule has 1 atom stereocenters. The number of likely N-dealkylation sites (tertiary alicyclic amines) is 1. The normalized spacial score (nSPS) is 20.2. The van der Waals surface area contributed by atoms with Crippen molar-refractivity contribution in [3.63, 3.8) is 0 Å². The number of rotatable bonds is 7. The zero-order valence-electron chi connectivity index (χ0n) is 22.8. The van der Waals surface area contributed by atoms with Crippen LogP contribution in [0, 0.1) is 0 Å². The number of aromatic nitrogens is 1. The molecule has 0 radical (unpaired) electrons. The van der Waals surface area contributed by atoms with Gasteiger partial charge in [0.15, 0.2) is 22.6 Å². The lowest BCUT2D eigenvalue weighted by atomic mass is 9.79. The van der Waals surface area contributed by atoms with Crippen LogP contribution in [0.25, 0.3) is 11.3 Å². The fourth-order valence-electron chi connectivity index (χ4n) is 6.17. The zero-order chi connectivity index (χ0) is 28.5. The molecule has 3 aromatic rings. The van der Waals surface area contributed by atoms with Gasteiger partial charge in [-0.15, -0.1) is 0 Å². The van der Waals surface area contributed by atoms with E-state index in [0.717, 1.165) is 54.1 Å². The van der Waals surface area contributed by atoms with Crippen LogP contribution in [-0.4, -0.2) is 66.5 Å². The third kappa shape index (κ3) is 4.34. The highest BCUT2D eigenvalue weighted by atomic mass is 32.2. The van der Waals surface area contributed by atoms with E-state index < -0.39 is 29.4 Å². The molecule has 3 heterocycles. The van der Waals surface area contributed by atoms with Gasteiger partial charge in [0, 0.05) is 53.8 Å². The summed E-state index contributed by atoms with van der Waals surface area (Å²) >= 11 is 0. The highest BCUT2D eigenvalue weighted by Crippen LogP contribution is 2.59. The number of hydrogen-bond donors (Lipinski definition) is 1. The summed E-state index contributed by atoms with van der Waals surface area (Å²) in [6.45, 7) is 1.38. The Morgan fingerprint density at radius 2 is 1.80 bits per heavy atom. The smallest absolute Gasteiger partial charge is 0.267 e. The average Bonchev–Trinajstić information content (AvgIpc) is 3.45. The second-order valence-corrected chi connectivity index (χ2v) is 12.4. The molecule has 3 fully saturated rings. The number of anilines is 2. The molecule has 1 amide bonds. The first-order chi connectivity index (χ1) is 19.7. The molecule has 1 spiro atoms. The molecule has 7 rings (SSSR count). The fourth-order valence-corrected chi connectivity index (χ4v) is 7.25. The Bertz CT molecular complexity index is 1560. The van der Waals surface area contributed by atoms with Crippen molar-refractivity contribution in [2.24, 2.45) is 0 Å². The van der Waals surface area contributed by atoms with Crippen molar-refractivity contribution < 1.29 is 31.8 Å². The van der Waals surface area contributed by atoms with Gasteiger partial charge >= 0.3 is 0 Å². The number of alkyl halides is 2. The maximum Gasteiger partial charge on any atom is 0.267 e. The number of amides is 1. The molecule has 216 valence electrons. The predicted octanol–water partition coefficient (Wildman–Crippen LogP) is 4.77. The van der Waals surface area contributed by atoms with Crippen molar-refractivity contribution in [2.75, 3.05) is 50.0 Å². The van der Waals surface area contributed by atoms with Crippen molar-refractivity contribution in [1.29, 1.82) is 0 Å². The van der Waals surface area contributed by atoms with E-state index >= 15 is 0 Å². The Balaban J connectivity index is 1.20. The number of benzene rings is 2. The number of carbonyl (C=O) groups excluding carboxylic acids is 1. The van der Waals surface area contributed by atoms with Gasteiger partial charge in [0.25, 0.3) is 11.8 Å². The molecule has 1 saturated carbocycles. The lowest BCUT2D eigenvalue weighted by molar-refractivity contribution is 0.0120. The second kappa shape index (κ2) is 9.43. The minimum Gasteiger partial charge on any atom is -0.495 e. The number of nitrogens with one attached hydrogen (secondary N) is 1. The van der Waals surface area contributed by atoms with Crippen LogP contribution in [0.5, 0.6) is 11.5 Å². The van der Waals surface area contributed by atoms with Crippen LogP contribution in [-0.2, 0) is 22.8 Å². The molecule has 41 heavy (non-hydrogen) atoms. The van der Waals surface area contributed by atoms with Crippen LogP contribution in [0.2, 0.25) is 0 Å². The third-order valence-electron chi connectivity index (χ3n) is 8.74. The minimum atomic E-state index is -2.91. The highest BCUT2D eigenvalue weighted by molar-refractivity contribution is 7.86. The average molecular weight is 585 g/mol. The Hall–Kier alpha value is -3.67. The summed E-state index contributed by atoms with van der Waals surface area (Å²) in [6.07, 6.45) is 3.66. The molecule has 0 bridgehead atoms. The van der Waals surface area contributed by atoms with Gasteiger partial charge in [0.2, 0.25) is 0 Å². The minimum absolute atomic E-state index is 0.0308. The Morgan fingerprint density at radius 1 is 1.07 bits per heavy atom. The van der Waals surface area contributed by atoms with Crippen molar-refractivity contribution in [3.8, 4) is 22.8 Å². The first-order valence-corrected chi connectivity index (χ1v) is 14.9. The molecule has 1 N–H and O–H groups in total. The van der Waals surface area contributed by atoms with Gasteiger partial charge in [-0.2, -0.15) is 0 Å². The second-order valence-electron chi connectivity index (χ2n) is 11.3. The van der Waals surface area contributed by atoms with Gasteiger partial charge in [0.1, 0.15) is 16.4 Å². The predicted molar refractivity (Wildman–Crippen MR) is 148 cm³/mol. The van der Waals surface area contributed by atoms with Gasteiger partial charge in [-0.3, -0.25) is 9.52 Å². The summed E-state index contributed by atoms with van der Waals surface area (Å²) in [6, 6.07) is 9.39. The van der Waals surface area contributed by atoms with E-state index in [0.29, 0.717) is 11.6 Å². The van der Waals surface area contributed by atoms with Gasteiger partial charge in [-0.05, 0) is 55.5 Å². The maximum atomic E-state index is 13.7. The lowest BCUT2D eigenvalue weighted by Crippen LogP contribution is -2.37. The van der Waals surface area contributed by atoms with E-state index in [1.54, 1.807) is 0 Å². The first-order valence-electron chi connectivity index (χ1n) is 13.7. The Labute approximate surface area is 238 Å². The van der Waals surface area contributed by atoms with Gasteiger partial charge in [-0.25, -0.2) is 13.0 Å². The van der Waals surface area contributed by atoms with Crippen LogP contribution < -0.4 is 19.1 Å². The number of nitrogens with zero attached hydrogens (tertiary/aromatic N) is 3. The summed E-state index contributed by atoms with van der Waals surface area (Å²) < 4.78 is 61.1. The van der Waals surface area contributed by atoms with Crippen molar-refractivity contribution in [2.45, 2.75) is 48.3 Å². The van der Waals surface area contributed by atoms with Crippen LogP contribution in [0.3, 0.4) is 0 Å². The van der Waals surface area contributed by atoms with E-state index in [4.69, 9.17) is 14.0 Å². The summed E-state index contributed by atoms with van der Waals surface area (Å²) in [7, 11) is 0.857. The van der Waals surface area contributed by atoms with Crippen molar-refractivity contribution >= 4 is 28.4 Å². The molecule has 2 saturated heterocycles. The molecule has 2 aliphatic carbocycles. The first kappa shape index (κ1) is 26.2. The van der Waals surface area contributed by atoms with E-state index in [2.05, 4.69) is 33.0 Å². The molecular formula is C29H30F2N4O5S.